The van der Waals surface area contributed by atoms with Gasteiger partial charge < -0.3 is 10.2 Å². The predicted octanol–water partition coefficient (Wildman–Crippen LogP) is 4.12. The Hall–Kier alpha value is -3.93. The molecule has 6 heteroatoms. The highest BCUT2D eigenvalue weighted by Gasteiger charge is 2.34. The highest BCUT2D eigenvalue weighted by atomic mass is 16.2. The minimum Gasteiger partial charge on any atom is -0.371 e. The van der Waals surface area contributed by atoms with Crippen LogP contribution in [0.25, 0.3) is 0 Å². The van der Waals surface area contributed by atoms with Gasteiger partial charge in [-0.15, -0.1) is 0 Å². The molecule has 3 amide bonds. The molecule has 3 aromatic carbocycles. The first-order valence-corrected chi connectivity index (χ1v) is 10.8. The summed E-state index contributed by atoms with van der Waals surface area (Å²) < 4.78 is 0. The van der Waals surface area contributed by atoms with Gasteiger partial charge in [-0.25, -0.2) is 0 Å². The molecule has 3 aromatic rings. The quantitative estimate of drug-likeness (QED) is 0.625. The number of nitrogens with one attached hydrogen (secondary N) is 1. The molecule has 160 valence electrons. The smallest absolute Gasteiger partial charge is 0.261 e. The Morgan fingerprint density at radius 3 is 2.28 bits per heavy atom. The molecule has 1 N–H and O–H groups in total. The third-order valence-electron chi connectivity index (χ3n) is 6.15. The minimum atomic E-state index is -0.287. The number of amides is 3. The van der Waals surface area contributed by atoms with E-state index in [4.69, 9.17) is 0 Å². The van der Waals surface area contributed by atoms with E-state index in [0.29, 0.717) is 16.7 Å². The molecule has 0 unspecified atom stereocenters. The van der Waals surface area contributed by atoms with Gasteiger partial charge in [0, 0.05) is 30.0 Å². The molecule has 2 aliphatic rings. The number of carbonyl (C=O) groups is 3. The Kier molecular flexibility index (Phi) is 4.98. The summed E-state index contributed by atoms with van der Waals surface area (Å²) >= 11 is 0. The van der Waals surface area contributed by atoms with E-state index in [-0.39, 0.29) is 24.3 Å². The molecular weight excluding hydrogens is 402 g/mol. The molecule has 0 radical (unpaired) electrons. The average Bonchev–Trinajstić information content (AvgIpc) is 3.34. The summed E-state index contributed by atoms with van der Waals surface area (Å²) in [6.07, 6.45) is 1.03. The van der Waals surface area contributed by atoms with E-state index in [2.05, 4.69) is 23.2 Å². The van der Waals surface area contributed by atoms with Crippen LogP contribution in [0.1, 0.15) is 49.1 Å². The van der Waals surface area contributed by atoms with Crippen LogP contribution in [0, 0.1) is 0 Å². The number of anilines is 2. The van der Waals surface area contributed by atoms with Crippen LogP contribution >= 0.6 is 0 Å². The first kappa shape index (κ1) is 20.0. The van der Waals surface area contributed by atoms with Gasteiger partial charge in [0.05, 0.1) is 17.7 Å². The van der Waals surface area contributed by atoms with Gasteiger partial charge in [0.1, 0.15) is 0 Å². The summed E-state index contributed by atoms with van der Waals surface area (Å²) in [6, 6.07) is 19.9. The summed E-state index contributed by atoms with van der Waals surface area (Å²) in [7, 11) is 0. The highest BCUT2D eigenvalue weighted by Crippen LogP contribution is 2.31. The second-order valence-electron chi connectivity index (χ2n) is 8.07. The van der Waals surface area contributed by atoms with Crippen molar-refractivity contribution in [2.24, 2.45) is 0 Å². The zero-order chi connectivity index (χ0) is 22.2. The van der Waals surface area contributed by atoms with E-state index in [1.807, 2.05) is 12.1 Å². The molecular formula is C26H23N3O3. The van der Waals surface area contributed by atoms with Crippen LogP contribution in [0.2, 0.25) is 0 Å². The molecule has 0 spiro atoms. The van der Waals surface area contributed by atoms with Crippen molar-refractivity contribution in [1.82, 2.24) is 4.90 Å². The van der Waals surface area contributed by atoms with Gasteiger partial charge in [-0.3, -0.25) is 19.3 Å². The third kappa shape index (κ3) is 3.43. The molecule has 6 nitrogen and oxygen atoms in total. The second-order valence-corrected chi connectivity index (χ2v) is 8.07. The van der Waals surface area contributed by atoms with Crippen LogP contribution < -0.4 is 10.2 Å². The van der Waals surface area contributed by atoms with Crippen LogP contribution in [0.3, 0.4) is 0 Å². The fraction of sp³-hybridized carbons (Fsp3) is 0.192. The van der Waals surface area contributed by atoms with E-state index in [1.165, 1.54) is 16.2 Å². The third-order valence-corrected chi connectivity index (χ3v) is 6.15. The van der Waals surface area contributed by atoms with Gasteiger partial charge in [0.25, 0.3) is 17.7 Å². The number of hydrogen-bond acceptors (Lipinski definition) is 4. The molecule has 2 aliphatic heterocycles. The lowest BCUT2D eigenvalue weighted by molar-refractivity contribution is 0.0642. The van der Waals surface area contributed by atoms with Crippen molar-refractivity contribution < 1.29 is 14.4 Å². The molecule has 2 heterocycles. The largest absolute Gasteiger partial charge is 0.371 e. The Labute approximate surface area is 186 Å². The van der Waals surface area contributed by atoms with Gasteiger partial charge in [0.2, 0.25) is 0 Å². The number of fused-ring (bicyclic) bond motifs is 2. The van der Waals surface area contributed by atoms with Crippen molar-refractivity contribution in [1.29, 1.82) is 0 Å². The van der Waals surface area contributed by atoms with Crippen LogP contribution in [0.5, 0.6) is 0 Å². The van der Waals surface area contributed by atoms with Gasteiger partial charge in [-0.2, -0.15) is 0 Å². The maximum Gasteiger partial charge on any atom is 0.261 e. The van der Waals surface area contributed by atoms with Gasteiger partial charge in [-0.05, 0) is 60.9 Å². The summed E-state index contributed by atoms with van der Waals surface area (Å²) in [5.74, 6) is -0.770. The maximum atomic E-state index is 12.7. The van der Waals surface area contributed by atoms with Crippen molar-refractivity contribution in [3.8, 4) is 0 Å². The number of nitrogens with zero attached hydrogens (tertiary/aromatic N) is 2. The lowest BCUT2D eigenvalue weighted by atomic mass is 10.1. The topological polar surface area (TPSA) is 69.7 Å². The lowest BCUT2D eigenvalue weighted by Crippen LogP contribution is -2.29. The summed E-state index contributed by atoms with van der Waals surface area (Å²) in [5.41, 5.74) is 5.43. The average molecular weight is 425 g/mol. The van der Waals surface area contributed by atoms with Crippen molar-refractivity contribution in [3.63, 3.8) is 0 Å². The maximum absolute atomic E-state index is 12.7. The number of benzene rings is 3. The van der Waals surface area contributed by atoms with E-state index in [9.17, 15) is 14.4 Å². The Bertz CT molecular complexity index is 1200. The Balaban J connectivity index is 1.27. The van der Waals surface area contributed by atoms with Crippen molar-refractivity contribution >= 4 is 29.1 Å². The van der Waals surface area contributed by atoms with Gasteiger partial charge >= 0.3 is 0 Å². The zero-order valence-electron chi connectivity index (χ0n) is 17.8. The van der Waals surface area contributed by atoms with Crippen LogP contribution in [-0.2, 0) is 13.0 Å². The van der Waals surface area contributed by atoms with Crippen molar-refractivity contribution in [2.45, 2.75) is 19.9 Å². The van der Waals surface area contributed by atoms with E-state index in [0.717, 1.165) is 30.8 Å². The normalized spacial score (nSPS) is 14.5. The summed E-state index contributed by atoms with van der Waals surface area (Å²) in [5, 5.41) is 2.97. The molecule has 0 saturated heterocycles. The van der Waals surface area contributed by atoms with Gasteiger partial charge in [-0.1, -0.05) is 30.3 Å². The van der Waals surface area contributed by atoms with Crippen LogP contribution in [0.4, 0.5) is 11.4 Å². The molecule has 0 bridgehead atoms. The van der Waals surface area contributed by atoms with E-state index in [1.54, 1.807) is 48.5 Å². The zero-order valence-corrected chi connectivity index (χ0v) is 17.8. The minimum absolute atomic E-state index is 0.173. The summed E-state index contributed by atoms with van der Waals surface area (Å²) in [6.45, 7) is 4.26. The number of likely N-dealkylation sites (N-methyl/N-ethyl adjacent to an activating group) is 1. The molecule has 0 aromatic heterocycles. The SMILES string of the molecule is CCN1CCc2ccc(NC(=O)c3ccc(CN4C(=O)c5ccccc5C4=O)cc3)cc21. The number of hydrogen-bond donors (Lipinski definition) is 1. The molecule has 0 saturated carbocycles. The first-order valence-electron chi connectivity index (χ1n) is 10.8. The van der Waals surface area contributed by atoms with Crippen molar-refractivity contribution in [2.75, 3.05) is 23.3 Å². The standard InChI is InChI=1S/C26H23N3O3/c1-2-28-14-13-18-11-12-20(15-23(18)28)27-24(30)19-9-7-17(8-10-19)16-29-25(31)21-5-3-4-6-22(21)26(29)32/h3-12,15H,2,13-14,16H2,1H3,(H,27,30). The monoisotopic (exact) mass is 425 g/mol. The molecule has 0 fully saturated rings. The fourth-order valence-electron chi connectivity index (χ4n) is 4.38. The Morgan fingerprint density at radius 1 is 0.938 bits per heavy atom. The fourth-order valence-corrected chi connectivity index (χ4v) is 4.38. The molecule has 0 aliphatic carbocycles. The highest BCUT2D eigenvalue weighted by molar-refractivity contribution is 6.21. The van der Waals surface area contributed by atoms with Crippen molar-refractivity contribution in [3.05, 3.63) is 94.5 Å². The second kappa shape index (κ2) is 7.96. The molecule has 5 rings (SSSR count). The van der Waals surface area contributed by atoms with Crippen LogP contribution in [-0.4, -0.2) is 35.7 Å². The number of rotatable bonds is 5. The van der Waals surface area contributed by atoms with E-state index >= 15 is 0 Å². The first-order chi connectivity index (χ1) is 15.5. The van der Waals surface area contributed by atoms with E-state index < -0.39 is 0 Å². The number of carbonyl (C=O) groups excluding carboxylic acids is 3. The summed E-state index contributed by atoms with van der Waals surface area (Å²) in [4.78, 5) is 41.4. The predicted molar refractivity (Wildman–Crippen MR) is 123 cm³/mol. The van der Waals surface area contributed by atoms with Crippen LogP contribution in [0.15, 0.2) is 66.7 Å². The molecule has 0 atom stereocenters. The number of imide groups is 1. The Morgan fingerprint density at radius 2 is 1.62 bits per heavy atom. The lowest BCUT2D eigenvalue weighted by Gasteiger charge is -2.17. The molecule has 32 heavy (non-hydrogen) atoms. The van der Waals surface area contributed by atoms with Gasteiger partial charge in [0.15, 0.2) is 0 Å².